The molecule has 2 aliphatic heterocycles. The summed E-state index contributed by atoms with van der Waals surface area (Å²) in [5.41, 5.74) is 0.900. The molecule has 0 radical (unpaired) electrons. The monoisotopic (exact) mass is 376 g/mol. The topological polar surface area (TPSA) is 60.0 Å². The number of amides is 1. The van der Waals surface area contributed by atoms with Crippen LogP contribution in [0.4, 0.5) is 0 Å². The number of nitrogens with one attached hydrogen (secondary N) is 1. The fourth-order valence-electron chi connectivity index (χ4n) is 3.81. The van der Waals surface area contributed by atoms with Crippen LogP contribution in [0.1, 0.15) is 33.3 Å². The molecule has 1 unspecified atom stereocenters. The van der Waals surface area contributed by atoms with E-state index in [2.05, 4.69) is 37.9 Å². The molecule has 1 fully saturated rings. The van der Waals surface area contributed by atoms with Crippen LogP contribution in [0.25, 0.3) is 0 Å². The molecule has 1 N–H and O–H groups in total. The first-order valence-electron chi connectivity index (χ1n) is 9.88. The van der Waals surface area contributed by atoms with Crippen LogP contribution in [0.5, 0.6) is 11.5 Å². The number of hydrogen-bond donors (Lipinski definition) is 1. The minimum absolute atomic E-state index is 0.00579. The Labute approximate surface area is 162 Å². The Bertz CT molecular complexity index is 654. The normalized spacial score (nSPS) is 20.0. The van der Waals surface area contributed by atoms with Crippen LogP contribution in [0.3, 0.4) is 0 Å². The fraction of sp³-hybridized carbons (Fsp3) is 0.667. The van der Waals surface area contributed by atoms with Gasteiger partial charge < -0.3 is 19.5 Å². The van der Waals surface area contributed by atoms with Gasteiger partial charge in [-0.1, -0.05) is 26.0 Å². The van der Waals surface area contributed by atoms with Gasteiger partial charge in [-0.2, -0.15) is 0 Å². The van der Waals surface area contributed by atoms with E-state index in [1.54, 1.807) is 0 Å². The molecule has 27 heavy (non-hydrogen) atoms. The molecular formula is C21H32N2O4. The van der Waals surface area contributed by atoms with Crippen molar-refractivity contribution in [2.24, 2.45) is 5.92 Å². The maximum atomic E-state index is 12.3. The third-order valence-electron chi connectivity index (χ3n) is 5.21. The van der Waals surface area contributed by atoms with E-state index in [1.807, 2.05) is 18.2 Å². The van der Waals surface area contributed by atoms with Crippen LogP contribution in [-0.4, -0.2) is 61.9 Å². The largest absolute Gasteiger partial charge is 0.483 e. The van der Waals surface area contributed by atoms with Crippen LogP contribution in [-0.2, 0) is 16.0 Å². The molecule has 1 aromatic carbocycles. The quantitative estimate of drug-likeness (QED) is 0.791. The van der Waals surface area contributed by atoms with E-state index < -0.39 is 0 Å². The average Bonchev–Trinajstić information content (AvgIpc) is 2.95. The van der Waals surface area contributed by atoms with Crippen molar-refractivity contribution >= 4 is 5.91 Å². The fourth-order valence-corrected chi connectivity index (χ4v) is 3.81. The second-order valence-corrected chi connectivity index (χ2v) is 8.34. The highest BCUT2D eigenvalue weighted by Gasteiger charge is 2.32. The summed E-state index contributed by atoms with van der Waals surface area (Å²) >= 11 is 0. The highest BCUT2D eigenvalue weighted by molar-refractivity contribution is 5.77. The smallest absolute Gasteiger partial charge is 0.257 e. The van der Waals surface area contributed by atoms with E-state index in [0.29, 0.717) is 24.3 Å². The molecule has 0 bridgehead atoms. The molecule has 0 aromatic heterocycles. The van der Waals surface area contributed by atoms with Crippen LogP contribution in [0.2, 0.25) is 0 Å². The zero-order valence-electron chi connectivity index (χ0n) is 16.9. The summed E-state index contributed by atoms with van der Waals surface area (Å²) in [6.07, 6.45) is 0.849. The number of benzene rings is 1. The molecule has 6 nitrogen and oxygen atoms in total. The molecule has 1 aromatic rings. The van der Waals surface area contributed by atoms with Crippen LogP contribution in [0, 0.1) is 5.92 Å². The molecule has 1 amide bonds. The van der Waals surface area contributed by atoms with Crippen LogP contribution in [0.15, 0.2) is 18.2 Å². The lowest BCUT2D eigenvalue weighted by Crippen LogP contribution is -2.51. The third-order valence-corrected chi connectivity index (χ3v) is 5.21. The number of hydrogen-bond acceptors (Lipinski definition) is 5. The first-order chi connectivity index (χ1) is 12.9. The number of carbonyl (C=O) groups is 1. The number of morpholine rings is 1. The van der Waals surface area contributed by atoms with E-state index >= 15 is 0 Å². The van der Waals surface area contributed by atoms with E-state index in [9.17, 15) is 4.79 Å². The molecule has 2 heterocycles. The molecule has 6 heteroatoms. The first-order valence-corrected chi connectivity index (χ1v) is 9.88. The Morgan fingerprint density at radius 2 is 2.04 bits per heavy atom. The Morgan fingerprint density at radius 1 is 1.30 bits per heavy atom. The summed E-state index contributed by atoms with van der Waals surface area (Å²) < 4.78 is 17.2. The lowest BCUT2D eigenvalue weighted by Gasteiger charge is -2.36. The first kappa shape index (κ1) is 20.0. The summed E-state index contributed by atoms with van der Waals surface area (Å²) in [4.78, 5) is 14.7. The zero-order valence-corrected chi connectivity index (χ0v) is 16.9. The predicted molar refractivity (Wildman–Crippen MR) is 104 cm³/mol. The van der Waals surface area contributed by atoms with Gasteiger partial charge >= 0.3 is 0 Å². The van der Waals surface area contributed by atoms with Crippen molar-refractivity contribution in [1.82, 2.24) is 10.2 Å². The number of fused-ring (bicyclic) bond motifs is 1. The van der Waals surface area contributed by atoms with Crippen molar-refractivity contribution in [1.29, 1.82) is 0 Å². The van der Waals surface area contributed by atoms with E-state index in [4.69, 9.17) is 14.2 Å². The van der Waals surface area contributed by atoms with E-state index in [1.165, 1.54) is 0 Å². The number of ether oxygens (including phenoxy) is 3. The van der Waals surface area contributed by atoms with Gasteiger partial charge in [0.1, 0.15) is 5.60 Å². The maximum absolute atomic E-state index is 12.3. The predicted octanol–water partition coefficient (Wildman–Crippen LogP) is 2.25. The van der Waals surface area contributed by atoms with E-state index in [0.717, 1.165) is 44.0 Å². The van der Waals surface area contributed by atoms with Gasteiger partial charge in [0.05, 0.1) is 13.2 Å². The van der Waals surface area contributed by atoms with Gasteiger partial charge in [0.25, 0.3) is 5.91 Å². The summed E-state index contributed by atoms with van der Waals surface area (Å²) in [7, 11) is 0. The molecule has 3 rings (SSSR count). The van der Waals surface area contributed by atoms with Gasteiger partial charge in [-0.25, -0.2) is 0 Å². The van der Waals surface area contributed by atoms with Gasteiger partial charge in [-0.05, 0) is 25.8 Å². The Hall–Kier alpha value is -1.79. The highest BCUT2D eigenvalue weighted by atomic mass is 16.5. The number of para-hydroxylation sites is 1. The molecular weight excluding hydrogens is 344 g/mol. The number of carbonyl (C=O) groups excluding carboxylic acids is 1. The molecule has 0 spiro atoms. The lowest BCUT2D eigenvalue weighted by atomic mass is 10.0. The minimum atomic E-state index is -0.229. The van der Waals surface area contributed by atoms with Crippen molar-refractivity contribution in [3.63, 3.8) is 0 Å². The Morgan fingerprint density at radius 3 is 2.74 bits per heavy atom. The molecule has 1 atom stereocenters. The third kappa shape index (κ3) is 5.14. The highest BCUT2D eigenvalue weighted by Crippen LogP contribution is 2.41. The van der Waals surface area contributed by atoms with Gasteiger partial charge in [-0.3, -0.25) is 9.69 Å². The van der Waals surface area contributed by atoms with Crippen molar-refractivity contribution in [3.05, 3.63) is 23.8 Å². The molecule has 0 aliphatic carbocycles. The molecule has 150 valence electrons. The van der Waals surface area contributed by atoms with Gasteiger partial charge in [0.2, 0.25) is 0 Å². The molecule has 2 aliphatic rings. The van der Waals surface area contributed by atoms with Gasteiger partial charge in [-0.15, -0.1) is 0 Å². The molecule has 1 saturated heterocycles. The standard InChI is InChI=1S/C21H32N2O4/c1-15(2)17(23-8-10-25-11-9-23)13-22-19(24)14-26-18-7-5-6-16-12-21(3,4)27-20(16)18/h5-7,15,17H,8-14H2,1-4H3,(H,22,24). The summed E-state index contributed by atoms with van der Waals surface area (Å²) in [6.45, 7) is 12.5. The van der Waals surface area contributed by atoms with Crippen molar-refractivity contribution in [2.45, 2.75) is 45.8 Å². The Balaban J connectivity index is 1.51. The second kappa shape index (κ2) is 8.48. The van der Waals surface area contributed by atoms with Crippen LogP contribution < -0.4 is 14.8 Å². The Kier molecular flexibility index (Phi) is 6.27. The van der Waals surface area contributed by atoms with Crippen molar-refractivity contribution in [3.8, 4) is 11.5 Å². The second-order valence-electron chi connectivity index (χ2n) is 8.34. The van der Waals surface area contributed by atoms with Crippen molar-refractivity contribution in [2.75, 3.05) is 39.5 Å². The summed E-state index contributed by atoms with van der Waals surface area (Å²) in [5, 5.41) is 3.03. The van der Waals surface area contributed by atoms with Gasteiger partial charge in [0.15, 0.2) is 18.1 Å². The number of rotatable bonds is 7. The van der Waals surface area contributed by atoms with E-state index in [-0.39, 0.29) is 18.1 Å². The molecule has 0 saturated carbocycles. The minimum Gasteiger partial charge on any atom is -0.483 e. The van der Waals surface area contributed by atoms with Gasteiger partial charge in [0, 0.05) is 37.7 Å². The average molecular weight is 376 g/mol. The summed E-state index contributed by atoms with van der Waals surface area (Å²) in [6, 6.07) is 6.16. The summed E-state index contributed by atoms with van der Waals surface area (Å²) in [5.74, 6) is 1.76. The SMILES string of the molecule is CC(C)C(CNC(=O)COc1cccc2c1OC(C)(C)C2)N1CCOCC1. The van der Waals surface area contributed by atoms with Crippen LogP contribution >= 0.6 is 0 Å². The number of nitrogens with zero attached hydrogens (tertiary/aromatic N) is 1. The van der Waals surface area contributed by atoms with Crippen molar-refractivity contribution < 1.29 is 19.0 Å². The lowest BCUT2D eigenvalue weighted by molar-refractivity contribution is -0.123. The zero-order chi connectivity index (χ0) is 19.4. The maximum Gasteiger partial charge on any atom is 0.257 e.